The molecule has 1 atom stereocenters. The van der Waals surface area contributed by atoms with Crippen molar-refractivity contribution in [2.75, 3.05) is 0 Å². The molecule has 1 aliphatic carbocycles. The van der Waals surface area contributed by atoms with Gasteiger partial charge in [0.1, 0.15) is 0 Å². The van der Waals surface area contributed by atoms with Gasteiger partial charge in [-0.3, -0.25) is 4.79 Å². The summed E-state index contributed by atoms with van der Waals surface area (Å²) in [5.41, 5.74) is 5.66. The first-order valence-corrected chi connectivity index (χ1v) is 5.01. The molecule has 1 aliphatic rings. The van der Waals surface area contributed by atoms with Crippen molar-refractivity contribution in [2.24, 2.45) is 5.73 Å². The van der Waals surface area contributed by atoms with Crippen LogP contribution in [-0.2, 0) is 4.79 Å². The third kappa shape index (κ3) is 3.00. The van der Waals surface area contributed by atoms with E-state index in [4.69, 9.17) is 11.0 Å². The number of nitriles is 1. The number of rotatable bonds is 4. The summed E-state index contributed by atoms with van der Waals surface area (Å²) in [6.07, 6.45) is 3.74. The molecule has 1 amide bonds. The Bertz CT molecular complexity index is 253. The van der Waals surface area contributed by atoms with Crippen molar-refractivity contribution in [3.8, 4) is 6.07 Å². The lowest BCUT2D eigenvalue weighted by atomic mass is 9.75. The number of nitrogens with one attached hydrogen (secondary N) is 1. The third-order valence-corrected chi connectivity index (χ3v) is 2.67. The SMILES string of the molecule is CC(CC#N)NC(=O)CC1(N)CCC1. The van der Waals surface area contributed by atoms with E-state index in [9.17, 15) is 4.79 Å². The molecule has 0 aromatic heterocycles. The van der Waals surface area contributed by atoms with Gasteiger partial charge >= 0.3 is 0 Å². The minimum absolute atomic E-state index is 0.0325. The molecule has 1 fully saturated rings. The van der Waals surface area contributed by atoms with Gasteiger partial charge in [0, 0.05) is 18.0 Å². The maximum atomic E-state index is 11.4. The van der Waals surface area contributed by atoms with E-state index in [0.717, 1.165) is 19.3 Å². The summed E-state index contributed by atoms with van der Waals surface area (Å²) in [4.78, 5) is 11.4. The van der Waals surface area contributed by atoms with Crippen molar-refractivity contribution in [1.82, 2.24) is 5.32 Å². The quantitative estimate of drug-likeness (QED) is 0.692. The summed E-state index contributed by atoms with van der Waals surface area (Å²) in [6, 6.07) is 1.94. The van der Waals surface area contributed by atoms with Gasteiger partial charge in [-0.2, -0.15) is 5.26 Å². The Morgan fingerprint density at radius 1 is 1.71 bits per heavy atom. The van der Waals surface area contributed by atoms with Gasteiger partial charge in [-0.05, 0) is 26.2 Å². The summed E-state index contributed by atoms with van der Waals surface area (Å²) in [6.45, 7) is 1.82. The Morgan fingerprint density at radius 2 is 2.36 bits per heavy atom. The molecule has 0 aliphatic heterocycles. The van der Waals surface area contributed by atoms with E-state index in [1.165, 1.54) is 0 Å². The molecule has 0 radical (unpaired) electrons. The van der Waals surface area contributed by atoms with Gasteiger partial charge in [0.2, 0.25) is 5.91 Å². The van der Waals surface area contributed by atoms with E-state index in [1.54, 1.807) is 0 Å². The molecule has 78 valence electrons. The van der Waals surface area contributed by atoms with E-state index >= 15 is 0 Å². The van der Waals surface area contributed by atoms with Crippen LogP contribution in [-0.4, -0.2) is 17.5 Å². The Morgan fingerprint density at radius 3 is 2.79 bits per heavy atom. The Labute approximate surface area is 84.5 Å². The molecule has 0 aromatic rings. The largest absolute Gasteiger partial charge is 0.353 e. The van der Waals surface area contributed by atoms with E-state index in [1.807, 2.05) is 13.0 Å². The van der Waals surface area contributed by atoms with Crippen LogP contribution in [0.5, 0.6) is 0 Å². The number of amides is 1. The summed E-state index contributed by atoms with van der Waals surface area (Å²) < 4.78 is 0. The number of carbonyl (C=O) groups is 1. The standard InChI is InChI=1S/C10H17N3O/c1-8(3-6-11)13-9(14)7-10(12)4-2-5-10/h8H,2-5,7,12H2,1H3,(H,13,14). The Hall–Kier alpha value is -1.08. The zero-order valence-corrected chi connectivity index (χ0v) is 8.55. The Kier molecular flexibility index (Phi) is 3.48. The molecule has 3 N–H and O–H groups in total. The highest BCUT2D eigenvalue weighted by Gasteiger charge is 2.34. The first kappa shape index (κ1) is 11.0. The average Bonchev–Trinajstić information content (AvgIpc) is 2.01. The lowest BCUT2D eigenvalue weighted by Crippen LogP contribution is -2.50. The van der Waals surface area contributed by atoms with Crippen LogP contribution < -0.4 is 11.1 Å². The van der Waals surface area contributed by atoms with Crippen LogP contribution in [0.25, 0.3) is 0 Å². The van der Waals surface area contributed by atoms with E-state index in [-0.39, 0.29) is 17.5 Å². The second kappa shape index (κ2) is 4.43. The molecule has 0 heterocycles. The van der Waals surface area contributed by atoms with Crippen molar-refractivity contribution in [3.63, 3.8) is 0 Å². The second-order valence-corrected chi connectivity index (χ2v) is 4.22. The topological polar surface area (TPSA) is 78.9 Å². The van der Waals surface area contributed by atoms with E-state index in [2.05, 4.69) is 5.32 Å². The van der Waals surface area contributed by atoms with Gasteiger partial charge in [0.05, 0.1) is 12.5 Å². The van der Waals surface area contributed by atoms with Crippen molar-refractivity contribution in [1.29, 1.82) is 5.26 Å². The van der Waals surface area contributed by atoms with E-state index in [0.29, 0.717) is 12.8 Å². The average molecular weight is 195 g/mol. The van der Waals surface area contributed by atoms with Gasteiger partial charge in [0.25, 0.3) is 0 Å². The first-order valence-electron chi connectivity index (χ1n) is 5.01. The summed E-state index contributed by atoms with van der Waals surface area (Å²) in [5, 5.41) is 11.2. The number of nitrogens with two attached hydrogens (primary N) is 1. The van der Waals surface area contributed by atoms with Crippen LogP contribution in [0.4, 0.5) is 0 Å². The molecule has 14 heavy (non-hydrogen) atoms. The fourth-order valence-electron chi connectivity index (χ4n) is 1.64. The number of hydrogen-bond acceptors (Lipinski definition) is 3. The fourth-order valence-corrected chi connectivity index (χ4v) is 1.64. The van der Waals surface area contributed by atoms with Crippen LogP contribution in [0, 0.1) is 11.3 Å². The summed E-state index contributed by atoms with van der Waals surface area (Å²) in [5.74, 6) is -0.0325. The Balaban J connectivity index is 2.25. The number of carbonyl (C=O) groups excluding carboxylic acids is 1. The van der Waals surface area contributed by atoms with Crippen LogP contribution in [0.3, 0.4) is 0 Å². The summed E-state index contributed by atoms with van der Waals surface area (Å²) >= 11 is 0. The zero-order chi connectivity index (χ0) is 10.6. The van der Waals surface area contributed by atoms with Crippen molar-refractivity contribution < 1.29 is 4.79 Å². The lowest BCUT2D eigenvalue weighted by Gasteiger charge is -2.37. The fraction of sp³-hybridized carbons (Fsp3) is 0.800. The predicted octanol–water partition coefficient (Wildman–Crippen LogP) is 0.676. The second-order valence-electron chi connectivity index (χ2n) is 4.22. The van der Waals surface area contributed by atoms with Gasteiger partial charge in [-0.1, -0.05) is 0 Å². The molecule has 1 saturated carbocycles. The zero-order valence-electron chi connectivity index (χ0n) is 8.55. The lowest BCUT2D eigenvalue weighted by molar-refractivity contribution is -0.123. The van der Waals surface area contributed by atoms with Gasteiger partial charge in [-0.25, -0.2) is 0 Å². The van der Waals surface area contributed by atoms with Crippen molar-refractivity contribution in [3.05, 3.63) is 0 Å². The maximum Gasteiger partial charge on any atom is 0.222 e. The van der Waals surface area contributed by atoms with E-state index < -0.39 is 0 Å². The highest BCUT2D eigenvalue weighted by Crippen LogP contribution is 2.31. The molecule has 1 rings (SSSR count). The minimum atomic E-state index is -0.267. The summed E-state index contributed by atoms with van der Waals surface area (Å²) in [7, 11) is 0. The normalized spacial score (nSPS) is 20.4. The van der Waals surface area contributed by atoms with Gasteiger partial charge in [0.15, 0.2) is 0 Å². The minimum Gasteiger partial charge on any atom is -0.353 e. The maximum absolute atomic E-state index is 11.4. The first-order chi connectivity index (χ1) is 6.56. The third-order valence-electron chi connectivity index (χ3n) is 2.67. The van der Waals surface area contributed by atoms with Crippen LogP contribution >= 0.6 is 0 Å². The molecule has 1 unspecified atom stereocenters. The number of hydrogen-bond donors (Lipinski definition) is 2. The molecule has 4 nitrogen and oxygen atoms in total. The molecule has 0 spiro atoms. The number of nitrogens with zero attached hydrogens (tertiary/aromatic N) is 1. The predicted molar refractivity (Wildman–Crippen MR) is 53.2 cm³/mol. The van der Waals surface area contributed by atoms with Crippen molar-refractivity contribution >= 4 is 5.91 Å². The molecule has 0 aromatic carbocycles. The smallest absolute Gasteiger partial charge is 0.222 e. The molecule has 4 heteroatoms. The van der Waals surface area contributed by atoms with Gasteiger partial charge < -0.3 is 11.1 Å². The van der Waals surface area contributed by atoms with Gasteiger partial charge in [-0.15, -0.1) is 0 Å². The highest BCUT2D eigenvalue weighted by atomic mass is 16.1. The molecule has 0 bridgehead atoms. The van der Waals surface area contributed by atoms with Crippen LogP contribution in [0.1, 0.15) is 39.0 Å². The molecular weight excluding hydrogens is 178 g/mol. The monoisotopic (exact) mass is 195 g/mol. The van der Waals surface area contributed by atoms with Crippen molar-refractivity contribution in [2.45, 2.75) is 50.6 Å². The molecular formula is C10H17N3O. The highest BCUT2D eigenvalue weighted by molar-refractivity contribution is 5.77. The van der Waals surface area contributed by atoms with Crippen LogP contribution in [0.2, 0.25) is 0 Å². The molecule has 0 saturated heterocycles. The van der Waals surface area contributed by atoms with Crippen LogP contribution in [0.15, 0.2) is 0 Å².